The van der Waals surface area contributed by atoms with Gasteiger partial charge in [0, 0.05) is 6.54 Å². The zero-order valence-electron chi connectivity index (χ0n) is 13.3. The van der Waals surface area contributed by atoms with Gasteiger partial charge in [-0.15, -0.1) is 0 Å². The molecule has 1 aromatic heterocycles. The minimum atomic E-state index is -0.547. The molecule has 1 aliphatic heterocycles. The third-order valence-corrected chi connectivity index (χ3v) is 4.25. The van der Waals surface area contributed by atoms with Gasteiger partial charge in [-0.3, -0.25) is 14.2 Å². The smallest absolute Gasteiger partial charge is 0.266 e. The summed E-state index contributed by atoms with van der Waals surface area (Å²) in [4.78, 5) is 29.7. The van der Waals surface area contributed by atoms with Crippen LogP contribution in [0.2, 0.25) is 0 Å². The second-order valence-electron chi connectivity index (χ2n) is 5.84. The van der Waals surface area contributed by atoms with Crippen LogP contribution in [0, 0.1) is 5.82 Å². The zero-order valence-corrected chi connectivity index (χ0v) is 13.3. The van der Waals surface area contributed by atoms with Gasteiger partial charge in [-0.2, -0.15) is 0 Å². The maximum atomic E-state index is 14.3. The van der Waals surface area contributed by atoms with Gasteiger partial charge in [0.2, 0.25) is 5.78 Å². The first kappa shape index (κ1) is 15.5. The van der Waals surface area contributed by atoms with Gasteiger partial charge < -0.3 is 11.1 Å². The molecule has 0 amide bonds. The van der Waals surface area contributed by atoms with E-state index in [1.165, 1.54) is 10.6 Å². The number of ketones is 1. The summed E-state index contributed by atoms with van der Waals surface area (Å²) in [7, 11) is 0. The lowest BCUT2D eigenvalue weighted by Crippen LogP contribution is -2.21. The Morgan fingerprint density at radius 2 is 2.00 bits per heavy atom. The molecule has 7 heteroatoms. The van der Waals surface area contributed by atoms with E-state index < -0.39 is 11.6 Å². The van der Waals surface area contributed by atoms with E-state index in [0.717, 1.165) is 6.07 Å². The lowest BCUT2D eigenvalue weighted by Gasteiger charge is -2.10. The molecule has 3 N–H and O–H groups in total. The largest absolute Gasteiger partial charge is 0.383 e. The van der Waals surface area contributed by atoms with E-state index in [2.05, 4.69) is 10.3 Å². The predicted octanol–water partition coefficient (Wildman–Crippen LogP) is 1.83. The second kappa shape index (κ2) is 5.78. The lowest BCUT2D eigenvalue weighted by molar-refractivity contribution is 0.103. The minimum Gasteiger partial charge on any atom is -0.383 e. The highest BCUT2D eigenvalue weighted by atomic mass is 19.1. The number of hydrogen-bond donors (Lipinski definition) is 2. The molecule has 0 atom stereocenters. The first-order valence-corrected chi connectivity index (χ1v) is 7.96. The average Bonchev–Trinajstić information content (AvgIpc) is 2.88. The fraction of sp³-hybridized carbons (Fsp3) is 0.167. The molecule has 0 fully saturated rings. The van der Waals surface area contributed by atoms with Gasteiger partial charge in [-0.1, -0.05) is 12.1 Å². The van der Waals surface area contributed by atoms with Crippen molar-refractivity contribution in [3.63, 3.8) is 0 Å². The third kappa shape index (κ3) is 2.32. The summed E-state index contributed by atoms with van der Waals surface area (Å²) in [6, 6.07) is 9.45. The Bertz CT molecular complexity index is 1070. The Balaban J connectivity index is 1.93. The van der Waals surface area contributed by atoms with E-state index in [-0.39, 0.29) is 22.6 Å². The molecule has 25 heavy (non-hydrogen) atoms. The fourth-order valence-electron chi connectivity index (χ4n) is 3.02. The summed E-state index contributed by atoms with van der Waals surface area (Å²) < 4.78 is 15.6. The van der Waals surface area contributed by atoms with Crippen LogP contribution in [0.1, 0.15) is 22.6 Å². The molecule has 0 radical (unpaired) electrons. The van der Waals surface area contributed by atoms with E-state index in [1.807, 2.05) is 0 Å². The Hall–Kier alpha value is -3.06. The van der Waals surface area contributed by atoms with Gasteiger partial charge in [0.25, 0.3) is 5.56 Å². The van der Waals surface area contributed by atoms with Crippen molar-refractivity contribution in [3.8, 4) is 5.69 Å². The van der Waals surface area contributed by atoms with E-state index >= 15 is 0 Å². The molecule has 0 aliphatic carbocycles. The highest BCUT2D eigenvalue weighted by Gasteiger charge is 2.31. The molecule has 3 aromatic rings. The standard InChI is InChI=1S/C18H15FN4O2/c19-12-8-11-15(9-14(12)21-7-3-6-20)23-17(16(11)24)22-13-5-2-1-4-10(13)18(23)25/h1-2,4-5,8-9,21H,3,6-7,20H2. The molecule has 4 rings (SSSR count). The van der Waals surface area contributed by atoms with Gasteiger partial charge in [-0.05, 0) is 37.2 Å². The van der Waals surface area contributed by atoms with Crippen LogP contribution in [-0.4, -0.2) is 28.4 Å². The number of aromatic nitrogens is 2. The number of nitrogens with zero attached hydrogens (tertiary/aromatic N) is 2. The SMILES string of the molecule is NCCCNc1cc2c(cc1F)C(=O)c1nc3ccccc3c(=O)n1-2. The molecule has 0 spiro atoms. The van der Waals surface area contributed by atoms with Crippen molar-refractivity contribution in [2.45, 2.75) is 6.42 Å². The molecule has 6 nitrogen and oxygen atoms in total. The molecule has 0 bridgehead atoms. The van der Waals surface area contributed by atoms with Crippen molar-refractivity contribution < 1.29 is 9.18 Å². The number of benzene rings is 2. The summed E-state index contributed by atoms with van der Waals surface area (Å²) in [5, 5.41) is 3.35. The van der Waals surface area contributed by atoms with Crippen LogP contribution in [-0.2, 0) is 0 Å². The summed E-state index contributed by atoms with van der Waals surface area (Å²) in [5.74, 6) is -0.989. The number of rotatable bonds is 4. The number of halogens is 1. The first-order valence-electron chi connectivity index (χ1n) is 7.96. The van der Waals surface area contributed by atoms with Crippen LogP contribution >= 0.6 is 0 Å². The van der Waals surface area contributed by atoms with Gasteiger partial charge in [0.15, 0.2) is 5.82 Å². The minimum absolute atomic E-state index is 0.0113. The normalized spacial score (nSPS) is 12.3. The highest BCUT2D eigenvalue weighted by molar-refractivity contribution is 6.13. The van der Waals surface area contributed by atoms with E-state index in [9.17, 15) is 14.0 Å². The Kier molecular flexibility index (Phi) is 3.58. The summed E-state index contributed by atoms with van der Waals surface area (Å²) in [6.45, 7) is 0.980. The first-order chi connectivity index (χ1) is 12.1. The molecule has 0 saturated carbocycles. The van der Waals surface area contributed by atoms with Crippen LogP contribution in [0.15, 0.2) is 41.2 Å². The molecule has 0 unspecified atom stereocenters. The van der Waals surface area contributed by atoms with Gasteiger partial charge in [0.05, 0.1) is 27.8 Å². The van der Waals surface area contributed by atoms with E-state index in [1.54, 1.807) is 24.3 Å². The topological polar surface area (TPSA) is 90.0 Å². The summed E-state index contributed by atoms with van der Waals surface area (Å²) >= 11 is 0. The third-order valence-electron chi connectivity index (χ3n) is 4.25. The maximum absolute atomic E-state index is 14.3. The molecular weight excluding hydrogens is 323 g/mol. The fourth-order valence-corrected chi connectivity index (χ4v) is 3.02. The zero-order chi connectivity index (χ0) is 17.6. The number of para-hydroxylation sites is 1. The number of carbonyl (C=O) groups excluding carboxylic acids is 1. The summed E-state index contributed by atoms with van der Waals surface area (Å²) in [5.41, 5.74) is 6.27. The van der Waals surface area contributed by atoms with Crippen LogP contribution < -0.4 is 16.6 Å². The van der Waals surface area contributed by atoms with Gasteiger partial charge in [-0.25, -0.2) is 9.37 Å². The molecule has 0 saturated heterocycles. The van der Waals surface area contributed by atoms with Crippen LogP contribution in [0.25, 0.3) is 16.6 Å². The van der Waals surface area contributed by atoms with E-state index in [0.29, 0.717) is 36.1 Å². The summed E-state index contributed by atoms with van der Waals surface area (Å²) in [6.07, 6.45) is 0.679. The monoisotopic (exact) mass is 338 g/mol. The van der Waals surface area contributed by atoms with Crippen molar-refractivity contribution in [3.05, 3.63) is 64.0 Å². The quantitative estimate of drug-likeness (QED) is 0.554. The average molecular weight is 338 g/mol. The number of fused-ring (bicyclic) bond motifs is 4. The number of nitrogens with one attached hydrogen (secondary N) is 1. The molecule has 126 valence electrons. The number of carbonyl (C=O) groups is 1. The Morgan fingerprint density at radius 1 is 1.20 bits per heavy atom. The van der Waals surface area contributed by atoms with Crippen molar-refractivity contribution in [1.29, 1.82) is 0 Å². The Morgan fingerprint density at radius 3 is 2.80 bits per heavy atom. The second-order valence-corrected chi connectivity index (χ2v) is 5.84. The molecule has 1 aliphatic rings. The number of anilines is 1. The van der Waals surface area contributed by atoms with Crippen LogP contribution in [0.4, 0.5) is 10.1 Å². The molecular formula is C18H15FN4O2. The van der Waals surface area contributed by atoms with Crippen molar-refractivity contribution in [2.24, 2.45) is 5.73 Å². The van der Waals surface area contributed by atoms with Gasteiger partial charge >= 0.3 is 0 Å². The molecule has 2 heterocycles. The number of nitrogens with two attached hydrogens (primary N) is 1. The molecule has 2 aromatic carbocycles. The van der Waals surface area contributed by atoms with Crippen LogP contribution in [0.5, 0.6) is 0 Å². The number of hydrogen-bond acceptors (Lipinski definition) is 5. The van der Waals surface area contributed by atoms with Crippen molar-refractivity contribution in [2.75, 3.05) is 18.4 Å². The highest BCUT2D eigenvalue weighted by Crippen LogP contribution is 2.30. The van der Waals surface area contributed by atoms with Crippen molar-refractivity contribution >= 4 is 22.4 Å². The predicted molar refractivity (Wildman–Crippen MR) is 92.9 cm³/mol. The van der Waals surface area contributed by atoms with E-state index in [4.69, 9.17) is 5.73 Å². The lowest BCUT2D eigenvalue weighted by atomic mass is 10.1. The van der Waals surface area contributed by atoms with Gasteiger partial charge in [0.1, 0.15) is 5.82 Å². The Labute approximate surface area is 142 Å². The maximum Gasteiger partial charge on any atom is 0.266 e. The van der Waals surface area contributed by atoms with Crippen molar-refractivity contribution in [1.82, 2.24) is 9.55 Å². The van der Waals surface area contributed by atoms with Crippen LogP contribution in [0.3, 0.4) is 0 Å².